The van der Waals surface area contributed by atoms with Gasteiger partial charge in [-0.3, -0.25) is 0 Å². The van der Waals surface area contributed by atoms with Crippen LogP contribution in [0, 0.1) is 11.3 Å². The van der Waals surface area contributed by atoms with Gasteiger partial charge in [-0.15, -0.1) is 0 Å². The van der Waals surface area contributed by atoms with Crippen molar-refractivity contribution in [1.29, 1.82) is 5.26 Å². The van der Waals surface area contributed by atoms with Crippen LogP contribution < -0.4 is 4.74 Å². The maximum absolute atomic E-state index is 9.37. The lowest BCUT2D eigenvalue weighted by Crippen LogP contribution is -2.16. The third-order valence-electron chi connectivity index (χ3n) is 1.77. The van der Waals surface area contributed by atoms with Gasteiger partial charge in [0.25, 0.3) is 0 Å². The van der Waals surface area contributed by atoms with Gasteiger partial charge in [-0.1, -0.05) is 18.2 Å². The van der Waals surface area contributed by atoms with E-state index in [0.717, 1.165) is 5.75 Å². The second-order valence-electron chi connectivity index (χ2n) is 2.97. The summed E-state index contributed by atoms with van der Waals surface area (Å²) in [5, 5.41) is 17.7. The zero-order chi connectivity index (χ0) is 10.2. The fourth-order valence-electron chi connectivity index (χ4n) is 1.02. The third kappa shape index (κ3) is 3.92. The lowest BCUT2D eigenvalue weighted by molar-refractivity contribution is 0.101. The van der Waals surface area contributed by atoms with Gasteiger partial charge in [-0.05, 0) is 18.6 Å². The topological polar surface area (TPSA) is 53.2 Å². The van der Waals surface area contributed by atoms with Crippen LogP contribution in [-0.2, 0) is 0 Å². The van der Waals surface area contributed by atoms with Crippen LogP contribution in [0.25, 0.3) is 0 Å². The summed E-state index contributed by atoms with van der Waals surface area (Å²) in [7, 11) is 0. The number of para-hydroxylation sites is 1. The van der Waals surface area contributed by atoms with Gasteiger partial charge in [-0.2, -0.15) is 5.26 Å². The standard InChI is InChI=1S/C11H13NO2/c12-8-4-5-10(13)9-14-11-6-2-1-3-7-11/h1-3,6-7,10,13H,4-5,9H2. The Morgan fingerprint density at radius 3 is 2.71 bits per heavy atom. The van der Waals surface area contributed by atoms with E-state index >= 15 is 0 Å². The summed E-state index contributed by atoms with van der Waals surface area (Å²) in [6, 6.07) is 11.3. The summed E-state index contributed by atoms with van der Waals surface area (Å²) in [6.45, 7) is 0.242. The minimum atomic E-state index is -0.560. The highest BCUT2D eigenvalue weighted by Gasteiger charge is 2.03. The molecule has 0 aliphatic heterocycles. The van der Waals surface area contributed by atoms with Gasteiger partial charge in [0, 0.05) is 6.42 Å². The molecule has 0 aliphatic carbocycles. The van der Waals surface area contributed by atoms with E-state index in [1.54, 1.807) is 0 Å². The van der Waals surface area contributed by atoms with Crippen molar-refractivity contribution in [3.05, 3.63) is 30.3 Å². The number of aliphatic hydroxyl groups is 1. The molecule has 1 aromatic carbocycles. The van der Waals surface area contributed by atoms with E-state index in [-0.39, 0.29) is 6.61 Å². The van der Waals surface area contributed by atoms with E-state index in [2.05, 4.69) is 0 Å². The third-order valence-corrected chi connectivity index (χ3v) is 1.77. The van der Waals surface area contributed by atoms with Crippen molar-refractivity contribution in [3.8, 4) is 11.8 Å². The summed E-state index contributed by atoms with van der Waals surface area (Å²) < 4.78 is 5.31. The van der Waals surface area contributed by atoms with Crippen LogP contribution in [0.5, 0.6) is 5.75 Å². The molecule has 0 aliphatic rings. The predicted octanol–water partition coefficient (Wildman–Crippen LogP) is 1.73. The summed E-state index contributed by atoms with van der Waals surface area (Å²) >= 11 is 0. The number of benzene rings is 1. The molecule has 74 valence electrons. The number of nitriles is 1. The average molecular weight is 191 g/mol. The van der Waals surface area contributed by atoms with E-state index < -0.39 is 6.10 Å². The predicted molar refractivity (Wildman–Crippen MR) is 52.8 cm³/mol. The Morgan fingerprint density at radius 2 is 2.07 bits per heavy atom. The Balaban J connectivity index is 2.24. The first kappa shape index (κ1) is 10.6. The van der Waals surface area contributed by atoms with Crippen LogP contribution in [0.3, 0.4) is 0 Å². The summed E-state index contributed by atoms with van der Waals surface area (Å²) in [6.07, 6.45) is 0.262. The van der Waals surface area contributed by atoms with Crippen molar-refractivity contribution in [1.82, 2.24) is 0 Å². The van der Waals surface area contributed by atoms with Gasteiger partial charge in [-0.25, -0.2) is 0 Å². The van der Waals surface area contributed by atoms with Crippen molar-refractivity contribution < 1.29 is 9.84 Å². The van der Waals surface area contributed by atoms with Crippen molar-refractivity contribution in [2.24, 2.45) is 0 Å². The molecule has 1 aromatic rings. The molecule has 0 bridgehead atoms. The van der Waals surface area contributed by atoms with Gasteiger partial charge in [0.1, 0.15) is 12.4 Å². The Bertz CT molecular complexity index is 292. The highest BCUT2D eigenvalue weighted by molar-refractivity contribution is 5.20. The molecule has 0 aromatic heterocycles. The van der Waals surface area contributed by atoms with E-state index in [1.165, 1.54) is 0 Å². The minimum Gasteiger partial charge on any atom is -0.491 e. The normalized spacial score (nSPS) is 11.7. The van der Waals surface area contributed by atoms with Gasteiger partial charge in [0.05, 0.1) is 12.2 Å². The summed E-state index contributed by atoms with van der Waals surface area (Å²) in [5.74, 6) is 0.739. The second kappa shape index (κ2) is 6.01. The Morgan fingerprint density at radius 1 is 1.36 bits per heavy atom. The highest BCUT2D eigenvalue weighted by atomic mass is 16.5. The molecular formula is C11H13NO2. The first-order valence-electron chi connectivity index (χ1n) is 4.56. The molecular weight excluding hydrogens is 178 g/mol. The fourth-order valence-corrected chi connectivity index (χ4v) is 1.02. The Hall–Kier alpha value is -1.53. The molecule has 0 heterocycles. The number of aliphatic hydroxyl groups excluding tert-OH is 1. The SMILES string of the molecule is N#CCCC(O)COc1ccccc1. The molecule has 0 saturated carbocycles. The first-order chi connectivity index (χ1) is 6.83. The Kier molecular flexibility index (Phi) is 4.53. The quantitative estimate of drug-likeness (QED) is 0.771. The maximum Gasteiger partial charge on any atom is 0.119 e. The van der Waals surface area contributed by atoms with E-state index in [0.29, 0.717) is 12.8 Å². The lowest BCUT2D eigenvalue weighted by atomic mass is 10.2. The van der Waals surface area contributed by atoms with Gasteiger partial charge in [0.15, 0.2) is 0 Å². The number of hydrogen-bond acceptors (Lipinski definition) is 3. The first-order valence-corrected chi connectivity index (χ1v) is 4.56. The number of nitrogens with zero attached hydrogens (tertiary/aromatic N) is 1. The molecule has 1 rings (SSSR count). The van der Waals surface area contributed by atoms with Crippen LogP contribution in [0.1, 0.15) is 12.8 Å². The van der Waals surface area contributed by atoms with Crippen LogP contribution in [0.4, 0.5) is 0 Å². The molecule has 3 heteroatoms. The summed E-state index contributed by atoms with van der Waals surface area (Å²) in [4.78, 5) is 0. The van der Waals surface area contributed by atoms with Crippen LogP contribution in [0.2, 0.25) is 0 Å². The number of hydrogen-bond donors (Lipinski definition) is 1. The smallest absolute Gasteiger partial charge is 0.119 e. The average Bonchev–Trinajstić information content (AvgIpc) is 2.25. The van der Waals surface area contributed by atoms with Crippen molar-refractivity contribution in [2.45, 2.75) is 18.9 Å². The Labute approximate surface area is 83.6 Å². The molecule has 0 spiro atoms. The monoisotopic (exact) mass is 191 g/mol. The van der Waals surface area contributed by atoms with Gasteiger partial charge >= 0.3 is 0 Å². The molecule has 1 atom stereocenters. The van der Waals surface area contributed by atoms with Crippen LogP contribution >= 0.6 is 0 Å². The molecule has 1 N–H and O–H groups in total. The number of ether oxygens (including phenoxy) is 1. The summed E-state index contributed by atoms with van der Waals surface area (Å²) in [5.41, 5.74) is 0. The van der Waals surface area contributed by atoms with Crippen molar-refractivity contribution >= 4 is 0 Å². The lowest BCUT2D eigenvalue weighted by Gasteiger charge is -2.10. The van der Waals surface area contributed by atoms with Gasteiger partial charge in [0.2, 0.25) is 0 Å². The molecule has 14 heavy (non-hydrogen) atoms. The molecule has 0 fully saturated rings. The van der Waals surface area contributed by atoms with Crippen molar-refractivity contribution in [2.75, 3.05) is 6.61 Å². The zero-order valence-corrected chi connectivity index (χ0v) is 7.89. The van der Waals surface area contributed by atoms with Gasteiger partial charge < -0.3 is 9.84 Å². The molecule has 0 saturated heterocycles. The van der Waals surface area contributed by atoms with E-state index in [1.807, 2.05) is 36.4 Å². The molecule has 1 unspecified atom stereocenters. The van der Waals surface area contributed by atoms with E-state index in [4.69, 9.17) is 10.00 Å². The fraction of sp³-hybridized carbons (Fsp3) is 0.364. The molecule has 0 radical (unpaired) electrons. The second-order valence-corrected chi connectivity index (χ2v) is 2.97. The van der Waals surface area contributed by atoms with Crippen molar-refractivity contribution in [3.63, 3.8) is 0 Å². The van der Waals surface area contributed by atoms with Crippen LogP contribution in [-0.4, -0.2) is 17.8 Å². The number of rotatable bonds is 5. The van der Waals surface area contributed by atoms with E-state index in [9.17, 15) is 5.11 Å². The molecule has 0 amide bonds. The molecule has 3 nitrogen and oxygen atoms in total. The largest absolute Gasteiger partial charge is 0.491 e. The maximum atomic E-state index is 9.37. The van der Waals surface area contributed by atoms with Crippen LogP contribution in [0.15, 0.2) is 30.3 Å². The highest BCUT2D eigenvalue weighted by Crippen LogP contribution is 2.09. The minimum absolute atomic E-state index is 0.242. The zero-order valence-electron chi connectivity index (χ0n) is 7.89.